The molecular formula is C20H24ClN3O3S. The van der Waals surface area contributed by atoms with Crippen LogP contribution in [0.4, 0.5) is 10.5 Å². The molecule has 150 valence electrons. The summed E-state index contributed by atoms with van der Waals surface area (Å²) in [6.07, 6.45) is 0. The Labute approximate surface area is 174 Å². The summed E-state index contributed by atoms with van der Waals surface area (Å²) < 4.78 is 6.02. The average Bonchev–Trinajstić information content (AvgIpc) is 3.12. The number of hydrogen-bond donors (Lipinski definition) is 1. The summed E-state index contributed by atoms with van der Waals surface area (Å²) in [4.78, 5) is 30.1. The Kier molecular flexibility index (Phi) is 6.93. The lowest BCUT2D eigenvalue weighted by Crippen LogP contribution is -2.41. The molecule has 3 rings (SSSR count). The van der Waals surface area contributed by atoms with Crippen molar-refractivity contribution in [3.05, 3.63) is 50.7 Å². The monoisotopic (exact) mass is 421 g/mol. The predicted molar refractivity (Wildman–Crippen MR) is 112 cm³/mol. The van der Waals surface area contributed by atoms with Crippen LogP contribution in [-0.4, -0.2) is 54.6 Å². The number of carbonyl (C=O) groups is 2. The summed E-state index contributed by atoms with van der Waals surface area (Å²) in [6.45, 7) is 7.12. The van der Waals surface area contributed by atoms with E-state index < -0.39 is 0 Å². The van der Waals surface area contributed by atoms with Crippen LogP contribution in [0.3, 0.4) is 0 Å². The van der Waals surface area contributed by atoms with Gasteiger partial charge >= 0.3 is 6.03 Å². The minimum Gasteiger partial charge on any atom is -0.378 e. The number of morpholine rings is 1. The lowest BCUT2D eigenvalue weighted by molar-refractivity contribution is 0.0302. The number of rotatable bonds is 5. The number of anilines is 1. The third-order valence-electron chi connectivity index (χ3n) is 4.75. The summed E-state index contributed by atoms with van der Waals surface area (Å²) in [5.41, 5.74) is 2.02. The number of halogens is 1. The van der Waals surface area contributed by atoms with Crippen LogP contribution in [0.2, 0.25) is 4.34 Å². The van der Waals surface area contributed by atoms with Crippen molar-refractivity contribution in [1.82, 2.24) is 9.80 Å². The van der Waals surface area contributed by atoms with Gasteiger partial charge in [0.15, 0.2) is 0 Å². The van der Waals surface area contributed by atoms with Gasteiger partial charge in [-0.25, -0.2) is 4.79 Å². The van der Waals surface area contributed by atoms with E-state index in [2.05, 4.69) is 5.32 Å². The molecule has 2 aromatic rings. The van der Waals surface area contributed by atoms with Gasteiger partial charge in [0.05, 0.1) is 24.1 Å². The molecule has 2 heterocycles. The van der Waals surface area contributed by atoms with Gasteiger partial charge in [-0.1, -0.05) is 17.7 Å². The second-order valence-corrected chi connectivity index (χ2v) is 8.33. The van der Waals surface area contributed by atoms with Crippen LogP contribution >= 0.6 is 22.9 Å². The first kappa shape index (κ1) is 20.6. The number of nitrogens with zero attached hydrogens (tertiary/aromatic N) is 2. The van der Waals surface area contributed by atoms with E-state index in [1.807, 2.05) is 32.0 Å². The normalized spacial score (nSPS) is 14.0. The van der Waals surface area contributed by atoms with Gasteiger partial charge in [-0.3, -0.25) is 4.79 Å². The Hall–Kier alpha value is -2.09. The van der Waals surface area contributed by atoms with Crippen molar-refractivity contribution < 1.29 is 14.3 Å². The van der Waals surface area contributed by atoms with Crippen molar-refractivity contribution in [2.75, 3.05) is 38.2 Å². The molecule has 0 unspecified atom stereocenters. The number of benzene rings is 1. The third kappa shape index (κ3) is 4.84. The molecule has 8 heteroatoms. The molecule has 0 spiro atoms. The van der Waals surface area contributed by atoms with Crippen LogP contribution in [0, 0.1) is 6.92 Å². The van der Waals surface area contributed by atoms with Crippen molar-refractivity contribution in [2.24, 2.45) is 0 Å². The smallest absolute Gasteiger partial charge is 0.322 e. The summed E-state index contributed by atoms with van der Waals surface area (Å²) in [5.74, 6) is -0.0301. The molecule has 1 N–H and O–H groups in total. The molecule has 6 nitrogen and oxygen atoms in total. The minimum absolute atomic E-state index is 0.0301. The molecule has 0 saturated carbocycles. The number of ether oxygens (including phenoxy) is 1. The molecule has 28 heavy (non-hydrogen) atoms. The fourth-order valence-corrected chi connectivity index (χ4v) is 4.19. The predicted octanol–water partition coefficient (Wildman–Crippen LogP) is 4.24. The van der Waals surface area contributed by atoms with E-state index >= 15 is 0 Å². The van der Waals surface area contributed by atoms with Crippen molar-refractivity contribution in [2.45, 2.75) is 20.4 Å². The number of amides is 3. The number of urea groups is 1. The second kappa shape index (κ2) is 9.41. The maximum atomic E-state index is 12.8. The SMILES string of the molecule is CCN(Cc1ccc(Cl)s1)C(=O)Nc1cccc(C(=O)N2CCOCC2)c1C. The van der Waals surface area contributed by atoms with E-state index in [9.17, 15) is 9.59 Å². The molecule has 1 aromatic heterocycles. The number of hydrogen-bond acceptors (Lipinski definition) is 4. The Balaban J connectivity index is 1.72. The van der Waals surface area contributed by atoms with Gasteiger partial charge in [0.25, 0.3) is 5.91 Å². The van der Waals surface area contributed by atoms with Crippen LogP contribution in [-0.2, 0) is 11.3 Å². The zero-order valence-corrected chi connectivity index (χ0v) is 17.6. The van der Waals surface area contributed by atoms with Gasteiger partial charge in [-0.2, -0.15) is 0 Å². The Morgan fingerprint density at radius 3 is 2.64 bits per heavy atom. The largest absolute Gasteiger partial charge is 0.378 e. The molecule has 3 amide bonds. The lowest BCUT2D eigenvalue weighted by Gasteiger charge is -2.28. The molecule has 1 aliphatic rings. The molecule has 0 radical (unpaired) electrons. The molecule has 1 aromatic carbocycles. The number of carbonyl (C=O) groups excluding carboxylic acids is 2. The highest BCUT2D eigenvalue weighted by Crippen LogP contribution is 2.24. The van der Waals surface area contributed by atoms with Gasteiger partial charge in [-0.15, -0.1) is 11.3 Å². The van der Waals surface area contributed by atoms with Crippen LogP contribution in [0.1, 0.15) is 27.7 Å². The molecule has 1 saturated heterocycles. The molecule has 0 bridgehead atoms. The van der Waals surface area contributed by atoms with E-state index in [0.29, 0.717) is 55.0 Å². The zero-order valence-electron chi connectivity index (χ0n) is 16.0. The highest BCUT2D eigenvalue weighted by atomic mass is 35.5. The molecule has 0 atom stereocenters. The molecule has 1 aliphatic heterocycles. The van der Waals surface area contributed by atoms with Gasteiger partial charge in [0.1, 0.15) is 0 Å². The minimum atomic E-state index is -0.203. The van der Waals surface area contributed by atoms with E-state index in [-0.39, 0.29) is 11.9 Å². The third-order valence-corrected chi connectivity index (χ3v) is 5.96. The Morgan fingerprint density at radius 1 is 1.25 bits per heavy atom. The average molecular weight is 422 g/mol. The molecule has 0 aliphatic carbocycles. The topological polar surface area (TPSA) is 61.9 Å². The van der Waals surface area contributed by atoms with E-state index in [1.54, 1.807) is 21.9 Å². The first-order chi connectivity index (χ1) is 13.5. The molecular weight excluding hydrogens is 398 g/mol. The summed E-state index contributed by atoms with van der Waals surface area (Å²) >= 11 is 7.45. The highest BCUT2D eigenvalue weighted by molar-refractivity contribution is 7.16. The Bertz CT molecular complexity index is 849. The van der Waals surface area contributed by atoms with Crippen LogP contribution in [0.25, 0.3) is 0 Å². The first-order valence-corrected chi connectivity index (χ1v) is 10.5. The Morgan fingerprint density at radius 2 is 2.00 bits per heavy atom. The van der Waals surface area contributed by atoms with Gasteiger partial charge in [0.2, 0.25) is 0 Å². The zero-order chi connectivity index (χ0) is 20.1. The van der Waals surface area contributed by atoms with Crippen LogP contribution in [0.5, 0.6) is 0 Å². The van der Waals surface area contributed by atoms with Crippen molar-refractivity contribution >= 4 is 40.6 Å². The fraction of sp³-hybridized carbons (Fsp3) is 0.400. The van der Waals surface area contributed by atoms with Crippen LogP contribution in [0.15, 0.2) is 30.3 Å². The highest BCUT2D eigenvalue weighted by Gasteiger charge is 2.22. The lowest BCUT2D eigenvalue weighted by atomic mass is 10.1. The fourth-order valence-electron chi connectivity index (χ4n) is 3.09. The van der Waals surface area contributed by atoms with E-state index in [1.165, 1.54) is 11.3 Å². The van der Waals surface area contributed by atoms with E-state index in [4.69, 9.17) is 16.3 Å². The van der Waals surface area contributed by atoms with Crippen molar-refractivity contribution in [3.8, 4) is 0 Å². The second-order valence-electron chi connectivity index (χ2n) is 6.53. The van der Waals surface area contributed by atoms with Gasteiger partial charge in [-0.05, 0) is 43.7 Å². The maximum absolute atomic E-state index is 12.8. The van der Waals surface area contributed by atoms with Crippen LogP contribution < -0.4 is 5.32 Å². The number of thiophene rings is 1. The molecule has 1 fully saturated rings. The first-order valence-electron chi connectivity index (χ1n) is 9.26. The van der Waals surface area contributed by atoms with Crippen molar-refractivity contribution in [1.29, 1.82) is 0 Å². The van der Waals surface area contributed by atoms with E-state index in [0.717, 1.165) is 10.4 Å². The number of nitrogens with one attached hydrogen (secondary N) is 1. The maximum Gasteiger partial charge on any atom is 0.322 e. The van der Waals surface area contributed by atoms with Crippen molar-refractivity contribution in [3.63, 3.8) is 0 Å². The quantitative estimate of drug-likeness (QED) is 0.785. The summed E-state index contributed by atoms with van der Waals surface area (Å²) in [6, 6.07) is 8.97. The van der Waals surface area contributed by atoms with Gasteiger partial charge < -0.3 is 19.9 Å². The standard InChI is InChI=1S/C20H24ClN3O3S/c1-3-23(13-15-7-8-18(21)28-15)20(26)22-17-6-4-5-16(14(17)2)19(25)24-9-11-27-12-10-24/h4-8H,3,9-13H2,1-2H3,(H,22,26). The summed E-state index contributed by atoms with van der Waals surface area (Å²) in [7, 11) is 0. The van der Waals surface area contributed by atoms with Gasteiger partial charge in [0, 0.05) is 35.8 Å². The summed E-state index contributed by atoms with van der Waals surface area (Å²) in [5, 5.41) is 2.95.